The van der Waals surface area contributed by atoms with Crippen molar-refractivity contribution in [2.24, 2.45) is 0 Å². The number of benzene rings is 2. The lowest BCUT2D eigenvalue weighted by Gasteiger charge is -2.00. The van der Waals surface area contributed by atoms with Gasteiger partial charge in [-0.15, -0.1) is 0 Å². The van der Waals surface area contributed by atoms with Gasteiger partial charge in [0.05, 0.1) is 1.37 Å². The summed E-state index contributed by atoms with van der Waals surface area (Å²) < 4.78 is 7.70. The Labute approximate surface area is 78.7 Å². The lowest BCUT2D eigenvalue weighted by Crippen LogP contribution is -1.74. The van der Waals surface area contributed by atoms with Crippen molar-refractivity contribution in [1.82, 2.24) is 0 Å². The summed E-state index contributed by atoms with van der Waals surface area (Å²) in [5.74, 6) is 0.246. The third-order valence-corrected chi connectivity index (χ3v) is 1.89. The maximum Gasteiger partial charge on any atom is 0.115 e. The Balaban J connectivity index is 2.50. The Morgan fingerprint density at radius 3 is 2.31 bits per heavy atom. The van der Waals surface area contributed by atoms with Gasteiger partial charge >= 0.3 is 0 Å². The van der Waals surface area contributed by atoms with E-state index in [-0.39, 0.29) is 5.75 Å². The molecule has 0 spiro atoms. The van der Waals surface area contributed by atoms with Gasteiger partial charge in [-0.2, -0.15) is 0 Å². The minimum Gasteiger partial charge on any atom is -0.508 e. The van der Waals surface area contributed by atoms with E-state index >= 15 is 0 Å². The van der Waals surface area contributed by atoms with Crippen LogP contribution in [0.2, 0.25) is 0 Å². The molecule has 2 aromatic rings. The molecule has 13 heavy (non-hydrogen) atoms. The number of rotatable bonds is 1. The lowest BCUT2D eigenvalue weighted by atomic mass is 10.1. The zero-order chi connectivity index (χ0) is 9.97. The second kappa shape index (κ2) is 3.31. The molecule has 2 aromatic carbocycles. The normalized spacial score (nSPS) is 10.9. The smallest absolute Gasteiger partial charge is 0.115 e. The van der Waals surface area contributed by atoms with Crippen molar-refractivity contribution in [3.8, 4) is 16.9 Å². The van der Waals surface area contributed by atoms with Crippen molar-refractivity contribution < 1.29 is 6.48 Å². The van der Waals surface area contributed by atoms with Crippen LogP contribution in [0.1, 0.15) is 1.37 Å². The van der Waals surface area contributed by atoms with E-state index in [1.165, 1.54) is 0 Å². The summed E-state index contributed by atoms with van der Waals surface area (Å²) in [5, 5.41) is 9.13. The standard InChI is InChI=1S/C12H10O/c13-12-8-6-11(7-9-12)10-4-2-1-3-5-10/h1-9,13H/i4D. The quantitative estimate of drug-likeness (QED) is 0.699. The van der Waals surface area contributed by atoms with Crippen molar-refractivity contribution in [2.75, 3.05) is 0 Å². The van der Waals surface area contributed by atoms with Gasteiger partial charge in [-0.05, 0) is 23.3 Å². The topological polar surface area (TPSA) is 20.2 Å². The number of hydrogen-bond donors (Lipinski definition) is 1. The minimum absolute atomic E-state index is 0.246. The van der Waals surface area contributed by atoms with E-state index in [4.69, 9.17) is 6.48 Å². The van der Waals surface area contributed by atoms with Gasteiger partial charge in [0.2, 0.25) is 0 Å². The van der Waals surface area contributed by atoms with E-state index in [9.17, 15) is 0 Å². The van der Waals surface area contributed by atoms with E-state index in [0.29, 0.717) is 6.04 Å². The SMILES string of the molecule is [2H]c1ccccc1-c1ccc(O)cc1. The zero-order valence-corrected chi connectivity index (χ0v) is 7.07. The Morgan fingerprint density at radius 1 is 0.846 bits per heavy atom. The molecule has 0 amide bonds. The van der Waals surface area contributed by atoms with Crippen LogP contribution in [0.15, 0.2) is 54.6 Å². The maximum absolute atomic E-state index is 9.13. The third-order valence-electron chi connectivity index (χ3n) is 1.89. The van der Waals surface area contributed by atoms with E-state index in [1.807, 2.05) is 30.3 Å². The van der Waals surface area contributed by atoms with Crippen LogP contribution in [0.4, 0.5) is 0 Å². The molecule has 0 atom stereocenters. The first-order chi connectivity index (χ1) is 6.77. The van der Waals surface area contributed by atoms with E-state index in [2.05, 4.69) is 0 Å². The highest BCUT2D eigenvalue weighted by molar-refractivity contribution is 5.63. The molecule has 0 radical (unpaired) electrons. The van der Waals surface area contributed by atoms with Crippen LogP contribution in [0.25, 0.3) is 11.1 Å². The third kappa shape index (κ3) is 1.70. The number of aromatic hydroxyl groups is 1. The summed E-state index contributed by atoms with van der Waals surface area (Å²) in [6, 6.07) is 14.8. The highest BCUT2D eigenvalue weighted by atomic mass is 16.3. The van der Waals surface area contributed by atoms with Crippen LogP contribution in [0, 0.1) is 0 Å². The molecule has 0 aliphatic heterocycles. The number of hydrogen-bond acceptors (Lipinski definition) is 1. The highest BCUT2D eigenvalue weighted by Gasteiger charge is 1.94. The molecular formula is C12H10O. The van der Waals surface area contributed by atoms with E-state index in [0.717, 1.165) is 11.1 Å². The van der Waals surface area contributed by atoms with Gasteiger partial charge in [0.25, 0.3) is 0 Å². The monoisotopic (exact) mass is 171 g/mol. The summed E-state index contributed by atoms with van der Waals surface area (Å²) >= 11 is 0. The van der Waals surface area contributed by atoms with Gasteiger partial charge in [0, 0.05) is 0 Å². The molecule has 0 aromatic heterocycles. The molecule has 0 unspecified atom stereocenters. The van der Waals surface area contributed by atoms with E-state index < -0.39 is 0 Å². The molecule has 1 nitrogen and oxygen atoms in total. The Kier molecular flexibility index (Phi) is 1.71. The first kappa shape index (κ1) is 6.72. The second-order valence-corrected chi connectivity index (χ2v) is 2.82. The molecular weight excluding hydrogens is 160 g/mol. The van der Waals surface area contributed by atoms with Gasteiger partial charge in [-0.1, -0.05) is 42.4 Å². The summed E-state index contributed by atoms with van der Waals surface area (Å²) in [7, 11) is 0. The Hall–Kier alpha value is -1.76. The predicted octanol–water partition coefficient (Wildman–Crippen LogP) is 3.06. The molecule has 1 heteroatoms. The number of phenolic OH excluding ortho intramolecular Hbond substituents is 1. The predicted molar refractivity (Wildman–Crippen MR) is 53.5 cm³/mol. The molecule has 2 rings (SSSR count). The Morgan fingerprint density at radius 2 is 1.62 bits per heavy atom. The van der Waals surface area contributed by atoms with Crippen molar-refractivity contribution >= 4 is 0 Å². The fraction of sp³-hybridized carbons (Fsp3) is 0. The molecule has 0 heterocycles. The average Bonchev–Trinajstić information content (AvgIpc) is 2.20. The van der Waals surface area contributed by atoms with Gasteiger partial charge < -0.3 is 5.11 Å². The summed E-state index contributed by atoms with van der Waals surface area (Å²) in [5.41, 5.74) is 1.83. The molecule has 0 aliphatic carbocycles. The van der Waals surface area contributed by atoms with Crippen molar-refractivity contribution in [3.05, 3.63) is 54.6 Å². The highest BCUT2D eigenvalue weighted by Crippen LogP contribution is 2.20. The average molecular weight is 171 g/mol. The van der Waals surface area contributed by atoms with Crippen LogP contribution in [0.3, 0.4) is 0 Å². The molecule has 0 aliphatic rings. The fourth-order valence-electron chi connectivity index (χ4n) is 1.21. The van der Waals surface area contributed by atoms with Crippen molar-refractivity contribution in [3.63, 3.8) is 0 Å². The van der Waals surface area contributed by atoms with Gasteiger partial charge in [0.1, 0.15) is 5.75 Å². The fourth-order valence-corrected chi connectivity index (χ4v) is 1.21. The first-order valence-corrected chi connectivity index (χ1v) is 4.12. The minimum atomic E-state index is 0.246. The first-order valence-electron chi connectivity index (χ1n) is 4.62. The molecule has 64 valence electrons. The van der Waals surface area contributed by atoms with Crippen LogP contribution in [0.5, 0.6) is 5.75 Å². The van der Waals surface area contributed by atoms with Gasteiger partial charge in [-0.25, -0.2) is 0 Å². The van der Waals surface area contributed by atoms with Crippen LogP contribution >= 0.6 is 0 Å². The lowest BCUT2D eigenvalue weighted by molar-refractivity contribution is 0.475. The second-order valence-electron chi connectivity index (χ2n) is 2.82. The summed E-state index contributed by atoms with van der Waals surface area (Å²) in [6.45, 7) is 0. The number of phenols is 1. The summed E-state index contributed by atoms with van der Waals surface area (Å²) in [4.78, 5) is 0. The van der Waals surface area contributed by atoms with Crippen LogP contribution in [-0.4, -0.2) is 5.11 Å². The van der Waals surface area contributed by atoms with Crippen molar-refractivity contribution in [2.45, 2.75) is 0 Å². The van der Waals surface area contributed by atoms with Crippen LogP contribution in [-0.2, 0) is 0 Å². The maximum atomic E-state index is 9.13. The largest absolute Gasteiger partial charge is 0.508 e. The Bertz CT molecular complexity index is 434. The molecule has 0 saturated heterocycles. The molecule has 0 bridgehead atoms. The zero-order valence-electron chi connectivity index (χ0n) is 8.07. The molecule has 0 saturated carbocycles. The molecule has 1 N–H and O–H groups in total. The van der Waals surface area contributed by atoms with Gasteiger partial charge in [-0.3, -0.25) is 0 Å². The van der Waals surface area contributed by atoms with Gasteiger partial charge in [0.15, 0.2) is 0 Å². The van der Waals surface area contributed by atoms with Crippen LogP contribution < -0.4 is 0 Å². The molecule has 0 fully saturated rings. The van der Waals surface area contributed by atoms with E-state index in [1.54, 1.807) is 18.2 Å². The summed E-state index contributed by atoms with van der Waals surface area (Å²) in [6.07, 6.45) is 0. The van der Waals surface area contributed by atoms with Crippen molar-refractivity contribution in [1.29, 1.82) is 0 Å².